The van der Waals surface area contributed by atoms with Gasteiger partial charge in [-0.15, -0.1) is 0 Å². The number of rotatable bonds is 5. The molecule has 7 heteroatoms. The number of aromatic nitrogens is 1. The van der Waals surface area contributed by atoms with Crippen LogP contribution in [0.25, 0.3) is 0 Å². The highest BCUT2D eigenvalue weighted by molar-refractivity contribution is 7.99. The lowest BCUT2D eigenvalue weighted by atomic mass is 10.2. The Kier molecular flexibility index (Phi) is 4.94. The number of sulfonamides is 1. The monoisotopic (exact) mass is 303 g/mol. The predicted molar refractivity (Wildman–Crippen MR) is 78.8 cm³/mol. The van der Waals surface area contributed by atoms with E-state index in [1.54, 1.807) is 12.3 Å². The molecule has 1 saturated heterocycles. The largest absolute Gasteiger partial charge is 0.352 e. The maximum absolute atomic E-state index is 12.3. The smallest absolute Gasteiger partial charge is 0.242 e. The molecule has 108 valence electrons. The van der Waals surface area contributed by atoms with E-state index < -0.39 is 10.0 Å². The summed E-state index contributed by atoms with van der Waals surface area (Å²) in [4.78, 5) is 0.357. The number of nitrogens with one attached hydrogen (secondary N) is 2. The van der Waals surface area contributed by atoms with Crippen molar-refractivity contribution in [1.29, 1.82) is 0 Å². The second-order valence-electron chi connectivity index (χ2n) is 4.84. The van der Waals surface area contributed by atoms with Gasteiger partial charge in [-0.05, 0) is 31.7 Å². The molecule has 1 aliphatic rings. The zero-order valence-corrected chi connectivity index (χ0v) is 13.0. The molecular formula is C12H21N3O2S2. The van der Waals surface area contributed by atoms with Gasteiger partial charge in [-0.2, -0.15) is 11.8 Å². The number of nitrogens with zero attached hydrogens (tertiary/aromatic N) is 1. The Morgan fingerprint density at radius 3 is 2.95 bits per heavy atom. The van der Waals surface area contributed by atoms with Crippen molar-refractivity contribution in [3.05, 3.63) is 18.0 Å². The first-order valence-electron chi connectivity index (χ1n) is 6.43. The van der Waals surface area contributed by atoms with Crippen LogP contribution in [-0.4, -0.2) is 37.6 Å². The van der Waals surface area contributed by atoms with Gasteiger partial charge < -0.3 is 9.88 Å². The minimum absolute atomic E-state index is 0.0664. The summed E-state index contributed by atoms with van der Waals surface area (Å²) in [5.41, 5.74) is 0.959. The summed E-state index contributed by atoms with van der Waals surface area (Å²) in [5, 5.41) is 3.03. The van der Waals surface area contributed by atoms with E-state index in [9.17, 15) is 8.42 Å². The summed E-state index contributed by atoms with van der Waals surface area (Å²) in [6.45, 7) is 0.658. The zero-order valence-electron chi connectivity index (χ0n) is 11.3. The van der Waals surface area contributed by atoms with Crippen LogP contribution >= 0.6 is 11.8 Å². The topological polar surface area (TPSA) is 63.1 Å². The molecule has 0 saturated carbocycles. The summed E-state index contributed by atoms with van der Waals surface area (Å²) in [6.07, 6.45) is 3.69. The van der Waals surface area contributed by atoms with Crippen LogP contribution in [0.5, 0.6) is 0 Å². The van der Waals surface area contributed by atoms with Crippen LogP contribution in [0, 0.1) is 0 Å². The molecule has 0 amide bonds. The van der Waals surface area contributed by atoms with Gasteiger partial charge in [0, 0.05) is 37.3 Å². The summed E-state index contributed by atoms with van der Waals surface area (Å²) in [5.74, 6) is 2.01. The van der Waals surface area contributed by atoms with Crippen LogP contribution in [-0.2, 0) is 23.6 Å². The highest BCUT2D eigenvalue weighted by atomic mass is 32.2. The van der Waals surface area contributed by atoms with Gasteiger partial charge >= 0.3 is 0 Å². The van der Waals surface area contributed by atoms with E-state index >= 15 is 0 Å². The first-order valence-corrected chi connectivity index (χ1v) is 9.06. The molecule has 1 aliphatic heterocycles. The van der Waals surface area contributed by atoms with Crippen LogP contribution in [0.2, 0.25) is 0 Å². The molecule has 1 atom stereocenters. The summed E-state index contributed by atoms with van der Waals surface area (Å²) >= 11 is 1.81. The molecule has 2 N–H and O–H groups in total. The van der Waals surface area contributed by atoms with E-state index in [4.69, 9.17) is 0 Å². The van der Waals surface area contributed by atoms with Crippen LogP contribution in [0.15, 0.2) is 17.2 Å². The minimum atomic E-state index is -3.39. The minimum Gasteiger partial charge on any atom is -0.352 e. The van der Waals surface area contributed by atoms with Gasteiger partial charge in [-0.3, -0.25) is 0 Å². The zero-order chi connectivity index (χ0) is 13.9. The third-order valence-corrected chi connectivity index (χ3v) is 5.94. The van der Waals surface area contributed by atoms with Crippen molar-refractivity contribution in [2.75, 3.05) is 18.6 Å². The Bertz CT molecular complexity index is 519. The standard InChI is InChI=1S/C12H21N3O2S2/c1-13-7-11-6-12(8-15(11)2)19(16,17)14-10-4-3-5-18-9-10/h6,8,10,13-14H,3-5,7,9H2,1-2H3. The Balaban J connectivity index is 2.12. The van der Waals surface area contributed by atoms with Gasteiger partial charge in [0.2, 0.25) is 10.0 Å². The quantitative estimate of drug-likeness (QED) is 0.849. The van der Waals surface area contributed by atoms with Gasteiger partial charge in [0.05, 0.1) is 4.90 Å². The van der Waals surface area contributed by atoms with E-state index in [1.807, 2.05) is 30.4 Å². The van der Waals surface area contributed by atoms with E-state index in [-0.39, 0.29) is 6.04 Å². The molecule has 1 unspecified atom stereocenters. The molecule has 0 radical (unpaired) electrons. The van der Waals surface area contributed by atoms with E-state index in [1.165, 1.54) is 0 Å². The molecule has 1 aromatic heterocycles. The lowest BCUT2D eigenvalue weighted by Gasteiger charge is -2.21. The molecule has 2 rings (SSSR count). The molecule has 0 aromatic carbocycles. The normalized spacial score (nSPS) is 20.6. The number of hydrogen-bond donors (Lipinski definition) is 2. The maximum atomic E-state index is 12.3. The molecule has 1 aromatic rings. The third-order valence-electron chi connectivity index (χ3n) is 3.23. The lowest BCUT2D eigenvalue weighted by Crippen LogP contribution is -2.38. The predicted octanol–water partition coefficient (Wildman–Crippen LogP) is 0.918. The molecule has 0 spiro atoms. The van der Waals surface area contributed by atoms with Gasteiger partial charge in [0.25, 0.3) is 0 Å². The fourth-order valence-electron chi connectivity index (χ4n) is 2.20. The Labute approximate surface area is 119 Å². The first kappa shape index (κ1) is 14.9. The third kappa shape index (κ3) is 3.75. The van der Waals surface area contributed by atoms with Crippen molar-refractivity contribution in [3.8, 4) is 0 Å². The maximum Gasteiger partial charge on any atom is 0.242 e. The number of hydrogen-bond acceptors (Lipinski definition) is 4. The Morgan fingerprint density at radius 1 is 1.53 bits per heavy atom. The Morgan fingerprint density at radius 2 is 2.32 bits per heavy atom. The highest BCUT2D eigenvalue weighted by Crippen LogP contribution is 2.20. The van der Waals surface area contributed by atoms with Crippen molar-refractivity contribution in [2.45, 2.75) is 30.3 Å². The van der Waals surface area contributed by atoms with E-state index in [0.29, 0.717) is 11.4 Å². The summed E-state index contributed by atoms with van der Waals surface area (Å²) < 4.78 is 29.3. The fraction of sp³-hybridized carbons (Fsp3) is 0.667. The first-order chi connectivity index (χ1) is 9.03. The van der Waals surface area contributed by atoms with Crippen molar-refractivity contribution >= 4 is 21.8 Å². The Hall–Kier alpha value is -0.500. The molecule has 0 aliphatic carbocycles. The molecule has 2 heterocycles. The van der Waals surface area contributed by atoms with Crippen LogP contribution in [0.4, 0.5) is 0 Å². The molecule has 19 heavy (non-hydrogen) atoms. The molecular weight excluding hydrogens is 282 g/mol. The van der Waals surface area contributed by atoms with Gasteiger partial charge in [0.1, 0.15) is 0 Å². The van der Waals surface area contributed by atoms with Crippen molar-refractivity contribution in [1.82, 2.24) is 14.6 Å². The van der Waals surface area contributed by atoms with Crippen molar-refractivity contribution in [2.24, 2.45) is 7.05 Å². The molecule has 0 bridgehead atoms. The second kappa shape index (κ2) is 6.30. The summed E-state index contributed by atoms with van der Waals surface area (Å²) in [6, 6.07) is 1.80. The van der Waals surface area contributed by atoms with Crippen molar-refractivity contribution < 1.29 is 8.42 Å². The molecule has 1 fully saturated rings. The van der Waals surface area contributed by atoms with Crippen LogP contribution in [0.1, 0.15) is 18.5 Å². The fourth-order valence-corrected chi connectivity index (χ4v) is 4.74. The molecule has 5 nitrogen and oxygen atoms in total. The number of thioether (sulfide) groups is 1. The average Bonchev–Trinajstić information content (AvgIpc) is 2.73. The van der Waals surface area contributed by atoms with Crippen LogP contribution in [0.3, 0.4) is 0 Å². The van der Waals surface area contributed by atoms with E-state index in [2.05, 4.69) is 10.0 Å². The van der Waals surface area contributed by atoms with Gasteiger partial charge in [-0.25, -0.2) is 13.1 Å². The van der Waals surface area contributed by atoms with Gasteiger partial charge in [0.15, 0.2) is 0 Å². The van der Waals surface area contributed by atoms with Crippen LogP contribution < -0.4 is 10.0 Å². The highest BCUT2D eigenvalue weighted by Gasteiger charge is 2.23. The van der Waals surface area contributed by atoms with E-state index in [0.717, 1.165) is 30.0 Å². The SMILES string of the molecule is CNCc1cc(S(=O)(=O)NC2CCCSC2)cn1C. The summed E-state index contributed by atoms with van der Waals surface area (Å²) in [7, 11) is 0.317. The average molecular weight is 303 g/mol. The lowest BCUT2D eigenvalue weighted by molar-refractivity contribution is 0.543. The second-order valence-corrected chi connectivity index (χ2v) is 7.71. The van der Waals surface area contributed by atoms with Gasteiger partial charge in [-0.1, -0.05) is 0 Å². The number of aryl methyl sites for hydroxylation is 1. The van der Waals surface area contributed by atoms with Crippen molar-refractivity contribution in [3.63, 3.8) is 0 Å².